The SMILES string of the molecule is O=C1CCC(N2Cc3c(ccc(C(=O)N[C@H](c4ccccc4OC4CC4)C(F)(F)F)c3F)C2=O)C(=O)N1. The lowest BCUT2D eigenvalue weighted by Crippen LogP contribution is -2.52. The van der Waals surface area contributed by atoms with E-state index in [1.54, 1.807) is 0 Å². The van der Waals surface area contributed by atoms with Crippen LogP contribution in [0.15, 0.2) is 36.4 Å². The highest BCUT2D eigenvalue weighted by molar-refractivity contribution is 6.06. The predicted molar refractivity (Wildman–Crippen MR) is 119 cm³/mol. The molecule has 37 heavy (non-hydrogen) atoms. The van der Waals surface area contributed by atoms with E-state index in [4.69, 9.17) is 4.74 Å². The van der Waals surface area contributed by atoms with E-state index < -0.39 is 53.3 Å². The zero-order valence-corrected chi connectivity index (χ0v) is 19.2. The van der Waals surface area contributed by atoms with Crippen LogP contribution < -0.4 is 15.4 Å². The van der Waals surface area contributed by atoms with Crippen molar-refractivity contribution >= 4 is 23.6 Å². The fourth-order valence-corrected chi connectivity index (χ4v) is 4.52. The number of imide groups is 1. The highest BCUT2D eigenvalue weighted by atomic mass is 19.4. The standard InChI is InChI=1S/C25H21F4N3O5/c26-20-15(8-7-13-16(20)11-32(24(13)36)17-9-10-19(33)30-23(17)35)22(34)31-21(25(27,28)29)14-3-1-2-4-18(14)37-12-5-6-12/h1-4,7-8,12,17,21H,5-6,9-11H2,(H,31,34)(H,30,33,35)/t17?,21-/m1/s1. The minimum absolute atomic E-state index is 0.00254. The Morgan fingerprint density at radius 2 is 1.81 bits per heavy atom. The number of alkyl halides is 3. The second kappa shape index (κ2) is 9.16. The van der Waals surface area contributed by atoms with Crippen molar-refractivity contribution in [1.82, 2.24) is 15.5 Å². The van der Waals surface area contributed by atoms with E-state index in [0.29, 0.717) is 12.8 Å². The molecule has 2 N–H and O–H groups in total. The molecular formula is C25H21F4N3O5. The monoisotopic (exact) mass is 519 g/mol. The van der Waals surface area contributed by atoms with Crippen molar-refractivity contribution in [3.8, 4) is 5.75 Å². The van der Waals surface area contributed by atoms with E-state index in [2.05, 4.69) is 5.32 Å². The molecule has 1 aliphatic carbocycles. The summed E-state index contributed by atoms with van der Waals surface area (Å²) in [6.07, 6.45) is -3.63. The number of nitrogens with one attached hydrogen (secondary N) is 2. The van der Waals surface area contributed by atoms with Crippen LogP contribution in [-0.4, -0.2) is 46.9 Å². The summed E-state index contributed by atoms with van der Waals surface area (Å²) in [5, 5.41) is 3.99. The summed E-state index contributed by atoms with van der Waals surface area (Å²) >= 11 is 0. The molecule has 8 nitrogen and oxygen atoms in total. The first kappa shape index (κ1) is 24.7. The molecule has 2 aromatic rings. The second-order valence-corrected chi connectivity index (χ2v) is 9.16. The molecule has 194 valence electrons. The topological polar surface area (TPSA) is 105 Å². The summed E-state index contributed by atoms with van der Waals surface area (Å²) in [6, 6.07) is 4.07. The van der Waals surface area contributed by atoms with Crippen molar-refractivity contribution in [3.05, 3.63) is 64.5 Å². The van der Waals surface area contributed by atoms with Crippen LogP contribution in [0.3, 0.4) is 0 Å². The van der Waals surface area contributed by atoms with Gasteiger partial charge in [-0.3, -0.25) is 24.5 Å². The van der Waals surface area contributed by atoms with Crippen LogP contribution in [0.25, 0.3) is 0 Å². The molecule has 0 spiro atoms. The first-order chi connectivity index (χ1) is 17.5. The van der Waals surface area contributed by atoms with Crippen LogP contribution in [0.5, 0.6) is 5.75 Å². The molecule has 2 atom stereocenters. The van der Waals surface area contributed by atoms with Crippen LogP contribution >= 0.6 is 0 Å². The number of halogens is 4. The Morgan fingerprint density at radius 3 is 2.49 bits per heavy atom. The smallest absolute Gasteiger partial charge is 0.413 e. The number of amides is 4. The number of ether oxygens (including phenoxy) is 1. The number of hydrogen-bond donors (Lipinski definition) is 2. The third-order valence-corrected chi connectivity index (χ3v) is 6.54. The van der Waals surface area contributed by atoms with Crippen molar-refractivity contribution in [2.45, 2.75) is 56.6 Å². The molecule has 0 aromatic heterocycles. The number of fused-ring (bicyclic) bond motifs is 1. The first-order valence-electron chi connectivity index (χ1n) is 11.6. The van der Waals surface area contributed by atoms with Gasteiger partial charge in [-0.2, -0.15) is 13.2 Å². The maximum absolute atomic E-state index is 15.4. The van der Waals surface area contributed by atoms with Crippen molar-refractivity contribution < 1.29 is 41.5 Å². The molecule has 1 unspecified atom stereocenters. The minimum atomic E-state index is -4.91. The summed E-state index contributed by atoms with van der Waals surface area (Å²) in [7, 11) is 0. The van der Waals surface area contributed by atoms with Gasteiger partial charge in [0.2, 0.25) is 11.8 Å². The van der Waals surface area contributed by atoms with Gasteiger partial charge in [-0.15, -0.1) is 0 Å². The highest BCUT2D eigenvalue weighted by Crippen LogP contribution is 2.40. The molecular weight excluding hydrogens is 498 g/mol. The summed E-state index contributed by atoms with van der Waals surface area (Å²) < 4.78 is 63.1. The first-order valence-corrected chi connectivity index (χ1v) is 11.6. The van der Waals surface area contributed by atoms with E-state index in [0.717, 1.165) is 17.0 Å². The lowest BCUT2D eigenvalue weighted by atomic mass is 10.0. The molecule has 0 radical (unpaired) electrons. The van der Waals surface area contributed by atoms with Crippen molar-refractivity contribution in [3.63, 3.8) is 0 Å². The molecule has 1 saturated carbocycles. The number of carbonyl (C=O) groups excluding carboxylic acids is 4. The Morgan fingerprint density at radius 1 is 1.08 bits per heavy atom. The average Bonchev–Trinajstić information content (AvgIpc) is 3.59. The van der Waals surface area contributed by atoms with Crippen LogP contribution in [-0.2, 0) is 16.1 Å². The van der Waals surface area contributed by atoms with Crippen molar-refractivity contribution in [1.29, 1.82) is 0 Å². The Balaban J connectivity index is 1.40. The minimum Gasteiger partial charge on any atom is -0.490 e. The number of nitrogens with zero attached hydrogens (tertiary/aromatic N) is 1. The molecule has 1 saturated heterocycles. The quantitative estimate of drug-likeness (QED) is 0.451. The van der Waals surface area contributed by atoms with Gasteiger partial charge in [0, 0.05) is 23.1 Å². The Bertz CT molecular complexity index is 1310. The number of hydrogen-bond acceptors (Lipinski definition) is 5. The highest BCUT2D eigenvalue weighted by Gasteiger charge is 2.45. The zero-order chi connectivity index (χ0) is 26.5. The maximum atomic E-state index is 15.4. The molecule has 12 heteroatoms. The van der Waals surface area contributed by atoms with Gasteiger partial charge < -0.3 is 15.0 Å². The van der Waals surface area contributed by atoms with E-state index in [9.17, 15) is 32.3 Å². The summed E-state index contributed by atoms with van der Waals surface area (Å²) in [5.74, 6) is -4.35. The lowest BCUT2D eigenvalue weighted by molar-refractivity contribution is -0.155. The molecule has 2 aliphatic heterocycles. The molecule has 5 rings (SSSR count). The van der Waals surface area contributed by atoms with E-state index in [1.807, 2.05) is 5.32 Å². The van der Waals surface area contributed by atoms with E-state index >= 15 is 4.39 Å². The number of carbonyl (C=O) groups is 4. The van der Waals surface area contributed by atoms with Crippen LogP contribution in [0.2, 0.25) is 0 Å². The van der Waals surface area contributed by atoms with E-state index in [-0.39, 0.29) is 47.9 Å². The van der Waals surface area contributed by atoms with Crippen LogP contribution in [0.1, 0.15) is 63.6 Å². The van der Waals surface area contributed by atoms with E-state index in [1.165, 1.54) is 24.3 Å². The molecule has 4 amide bonds. The van der Waals surface area contributed by atoms with Crippen molar-refractivity contribution in [2.24, 2.45) is 0 Å². The van der Waals surface area contributed by atoms with Gasteiger partial charge in [-0.1, -0.05) is 18.2 Å². The van der Waals surface area contributed by atoms with Gasteiger partial charge in [0.05, 0.1) is 18.2 Å². The fourth-order valence-electron chi connectivity index (χ4n) is 4.52. The molecule has 2 aromatic carbocycles. The largest absolute Gasteiger partial charge is 0.490 e. The fraction of sp³-hybridized carbons (Fsp3) is 0.360. The number of benzene rings is 2. The summed E-state index contributed by atoms with van der Waals surface area (Å²) in [5.41, 5.74) is -1.29. The Hall–Kier alpha value is -3.96. The van der Waals surface area contributed by atoms with Gasteiger partial charge >= 0.3 is 6.18 Å². The van der Waals surface area contributed by atoms with Gasteiger partial charge in [0.15, 0.2) is 6.04 Å². The third kappa shape index (κ3) is 4.75. The summed E-state index contributed by atoms with van der Waals surface area (Å²) in [6.45, 7) is -0.367. The van der Waals surface area contributed by atoms with Gasteiger partial charge in [0.25, 0.3) is 11.8 Å². The second-order valence-electron chi connectivity index (χ2n) is 9.16. The third-order valence-electron chi connectivity index (χ3n) is 6.54. The van der Waals surface area contributed by atoms with Crippen molar-refractivity contribution in [2.75, 3.05) is 0 Å². The van der Waals surface area contributed by atoms with Crippen LogP contribution in [0, 0.1) is 5.82 Å². The van der Waals surface area contributed by atoms with Gasteiger partial charge in [-0.05, 0) is 37.5 Å². The molecule has 2 fully saturated rings. The Labute approximate surface area is 207 Å². The molecule has 2 heterocycles. The predicted octanol–water partition coefficient (Wildman–Crippen LogP) is 3.16. The lowest BCUT2D eigenvalue weighted by Gasteiger charge is -2.29. The number of rotatable bonds is 6. The van der Waals surface area contributed by atoms with Crippen LogP contribution in [0.4, 0.5) is 17.6 Å². The number of para-hydroxylation sites is 1. The molecule has 0 bridgehead atoms. The summed E-state index contributed by atoms with van der Waals surface area (Å²) in [4.78, 5) is 50.4. The van der Waals surface area contributed by atoms with Gasteiger partial charge in [-0.25, -0.2) is 4.39 Å². The zero-order valence-electron chi connectivity index (χ0n) is 19.2. The molecule has 3 aliphatic rings. The maximum Gasteiger partial charge on any atom is 0.413 e. The van der Waals surface area contributed by atoms with Gasteiger partial charge in [0.1, 0.15) is 17.6 Å². The normalized spacial score (nSPS) is 20.4. The Kier molecular flexibility index (Phi) is 6.12. The average molecular weight is 519 g/mol. The number of piperidine rings is 1.